The molecule has 2 heterocycles. The Morgan fingerprint density at radius 1 is 1.25 bits per heavy atom. The molecule has 84 valence electrons. The molecule has 0 atom stereocenters. The molecule has 0 radical (unpaired) electrons. The van der Waals surface area contributed by atoms with E-state index in [-0.39, 0.29) is 6.61 Å². The van der Waals surface area contributed by atoms with Crippen LogP contribution in [0.5, 0.6) is 0 Å². The molecule has 16 heavy (non-hydrogen) atoms. The first-order valence-corrected chi connectivity index (χ1v) is 5.13. The van der Waals surface area contributed by atoms with Gasteiger partial charge in [-0.1, -0.05) is 6.07 Å². The Bertz CT molecular complexity index is 449. The van der Waals surface area contributed by atoms with Crippen LogP contribution in [0.25, 0.3) is 5.82 Å². The average molecular weight is 218 g/mol. The number of pyridine rings is 1. The molecule has 2 aromatic rings. The molecule has 0 saturated carbocycles. The zero-order valence-electron chi connectivity index (χ0n) is 8.87. The molecule has 0 aliphatic rings. The second kappa shape index (κ2) is 4.87. The van der Waals surface area contributed by atoms with Gasteiger partial charge in [0.05, 0.1) is 6.20 Å². The van der Waals surface area contributed by atoms with Crippen LogP contribution in [0, 0.1) is 0 Å². The van der Waals surface area contributed by atoms with Crippen LogP contribution in [0.15, 0.2) is 30.7 Å². The lowest BCUT2D eigenvalue weighted by atomic mass is 10.3. The lowest BCUT2D eigenvalue weighted by Gasteiger charge is -2.00. The van der Waals surface area contributed by atoms with Crippen LogP contribution >= 0.6 is 0 Å². The van der Waals surface area contributed by atoms with Gasteiger partial charge in [-0.2, -0.15) is 5.10 Å². The van der Waals surface area contributed by atoms with E-state index in [2.05, 4.69) is 10.1 Å². The molecular weight excluding hydrogens is 204 g/mol. The maximum Gasteiger partial charge on any atom is 0.153 e. The van der Waals surface area contributed by atoms with E-state index in [0.717, 1.165) is 16.9 Å². The van der Waals surface area contributed by atoms with Crippen LogP contribution in [-0.2, 0) is 13.0 Å². The predicted molar refractivity (Wildman–Crippen MR) is 60.0 cm³/mol. The Labute approximate surface area is 93.5 Å². The highest BCUT2D eigenvalue weighted by Crippen LogP contribution is 2.07. The molecule has 0 aliphatic carbocycles. The van der Waals surface area contributed by atoms with Crippen molar-refractivity contribution in [3.63, 3.8) is 0 Å². The van der Waals surface area contributed by atoms with Crippen molar-refractivity contribution in [3.05, 3.63) is 41.9 Å². The Kier molecular flexibility index (Phi) is 3.28. The molecule has 0 aliphatic heterocycles. The first kappa shape index (κ1) is 10.8. The summed E-state index contributed by atoms with van der Waals surface area (Å²) in [5.74, 6) is 0.751. The zero-order chi connectivity index (χ0) is 11.4. The van der Waals surface area contributed by atoms with E-state index in [9.17, 15) is 0 Å². The first-order valence-electron chi connectivity index (χ1n) is 5.13. The van der Waals surface area contributed by atoms with Crippen molar-refractivity contribution in [1.29, 1.82) is 0 Å². The molecule has 0 saturated heterocycles. The smallest absolute Gasteiger partial charge is 0.153 e. The van der Waals surface area contributed by atoms with Crippen LogP contribution < -0.4 is 5.73 Å². The molecular formula is C11H14N4O. The van der Waals surface area contributed by atoms with Gasteiger partial charge in [-0.25, -0.2) is 9.67 Å². The molecule has 5 nitrogen and oxygen atoms in total. The van der Waals surface area contributed by atoms with Crippen molar-refractivity contribution in [2.45, 2.75) is 13.0 Å². The van der Waals surface area contributed by atoms with Crippen molar-refractivity contribution in [2.75, 3.05) is 6.61 Å². The standard InChI is InChI=1S/C11H14N4O/c12-5-9-1-2-11(13-6-9)15-8-10(3-4-16)7-14-15/h1-2,6-8,16H,3-5,12H2. The minimum Gasteiger partial charge on any atom is -0.396 e. The number of rotatable bonds is 4. The molecule has 0 unspecified atom stereocenters. The predicted octanol–water partition coefficient (Wildman–Crippen LogP) is 0.261. The fourth-order valence-electron chi connectivity index (χ4n) is 1.42. The highest BCUT2D eigenvalue weighted by Gasteiger charge is 2.01. The number of nitrogens with zero attached hydrogens (tertiary/aromatic N) is 3. The quantitative estimate of drug-likeness (QED) is 0.771. The van der Waals surface area contributed by atoms with E-state index in [1.54, 1.807) is 17.1 Å². The van der Waals surface area contributed by atoms with Gasteiger partial charge in [0.25, 0.3) is 0 Å². The van der Waals surface area contributed by atoms with Crippen molar-refractivity contribution in [1.82, 2.24) is 14.8 Å². The molecule has 2 rings (SSSR count). The summed E-state index contributed by atoms with van der Waals surface area (Å²) in [6.07, 6.45) is 5.94. The number of hydrogen-bond acceptors (Lipinski definition) is 4. The van der Waals surface area contributed by atoms with E-state index >= 15 is 0 Å². The van der Waals surface area contributed by atoms with Gasteiger partial charge in [-0.15, -0.1) is 0 Å². The number of hydrogen-bond donors (Lipinski definition) is 2. The van der Waals surface area contributed by atoms with Crippen LogP contribution in [0.2, 0.25) is 0 Å². The van der Waals surface area contributed by atoms with Crippen molar-refractivity contribution >= 4 is 0 Å². The van der Waals surface area contributed by atoms with Gasteiger partial charge in [-0.3, -0.25) is 0 Å². The van der Waals surface area contributed by atoms with E-state index in [1.807, 2.05) is 18.3 Å². The maximum absolute atomic E-state index is 8.80. The second-order valence-electron chi connectivity index (χ2n) is 3.50. The summed E-state index contributed by atoms with van der Waals surface area (Å²) in [4.78, 5) is 4.25. The van der Waals surface area contributed by atoms with Crippen molar-refractivity contribution < 1.29 is 5.11 Å². The number of aliphatic hydroxyl groups excluding tert-OH is 1. The van der Waals surface area contributed by atoms with E-state index in [4.69, 9.17) is 10.8 Å². The summed E-state index contributed by atoms with van der Waals surface area (Å²) in [7, 11) is 0. The maximum atomic E-state index is 8.80. The molecule has 5 heteroatoms. The van der Waals surface area contributed by atoms with Gasteiger partial charge in [0.2, 0.25) is 0 Å². The minimum atomic E-state index is 0.130. The Balaban J connectivity index is 2.21. The van der Waals surface area contributed by atoms with Crippen LogP contribution in [0.3, 0.4) is 0 Å². The summed E-state index contributed by atoms with van der Waals surface area (Å²) >= 11 is 0. The summed E-state index contributed by atoms with van der Waals surface area (Å²) in [5.41, 5.74) is 7.48. The average Bonchev–Trinajstić information content (AvgIpc) is 2.78. The third kappa shape index (κ3) is 2.26. The Hall–Kier alpha value is -1.72. The van der Waals surface area contributed by atoms with Crippen molar-refractivity contribution in [2.24, 2.45) is 5.73 Å². The van der Waals surface area contributed by atoms with E-state index < -0.39 is 0 Å². The minimum absolute atomic E-state index is 0.130. The normalized spacial score (nSPS) is 10.6. The van der Waals surface area contributed by atoms with E-state index in [1.165, 1.54) is 0 Å². The molecule has 0 amide bonds. The van der Waals surface area contributed by atoms with Crippen molar-refractivity contribution in [3.8, 4) is 5.82 Å². The Morgan fingerprint density at radius 2 is 2.12 bits per heavy atom. The van der Waals surface area contributed by atoms with Crippen LogP contribution in [0.4, 0.5) is 0 Å². The summed E-state index contributed by atoms with van der Waals surface area (Å²) in [6.45, 7) is 0.618. The van der Waals surface area contributed by atoms with Crippen LogP contribution in [-0.4, -0.2) is 26.5 Å². The topological polar surface area (TPSA) is 77.0 Å². The Morgan fingerprint density at radius 3 is 2.75 bits per heavy atom. The molecule has 0 bridgehead atoms. The molecule has 3 N–H and O–H groups in total. The summed E-state index contributed by atoms with van der Waals surface area (Å²) < 4.78 is 1.69. The fraction of sp³-hybridized carbons (Fsp3) is 0.273. The SMILES string of the molecule is NCc1ccc(-n2cc(CCO)cn2)nc1. The first-order chi connectivity index (χ1) is 7.83. The molecule has 0 fully saturated rings. The van der Waals surface area contributed by atoms with Gasteiger partial charge in [0.1, 0.15) is 0 Å². The van der Waals surface area contributed by atoms with E-state index in [0.29, 0.717) is 13.0 Å². The molecule has 0 spiro atoms. The highest BCUT2D eigenvalue weighted by molar-refractivity contribution is 5.25. The third-order valence-corrected chi connectivity index (χ3v) is 2.32. The number of nitrogens with two attached hydrogens (primary N) is 1. The van der Waals surface area contributed by atoms with Gasteiger partial charge in [0, 0.05) is 25.5 Å². The summed E-state index contributed by atoms with van der Waals surface area (Å²) in [6, 6.07) is 3.80. The lowest BCUT2D eigenvalue weighted by Crippen LogP contribution is -2.01. The van der Waals surface area contributed by atoms with Crippen LogP contribution in [0.1, 0.15) is 11.1 Å². The molecule has 2 aromatic heterocycles. The van der Waals surface area contributed by atoms with Gasteiger partial charge < -0.3 is 10.8 Å². The zero-order valence-corrected chi connectivity index (χ0v) is 8.87. The summed E-state index contributed by atoms with van der Waals surface area (Å²) in [5, 5.41) is 13.0. The second-order valence-corrected chi connectivity index (χ2v) is 3.50. The van der Waals surface area contributed by atoms with Gasteiger partial charge in [-0.05, 0) is 23.6 Å². The largest absolute Gasteiger partial charge is 0.396 e. The highest BCUT2D eigenvalue weighted by atomic mass is 16.2. The van der Waals surface area contributed by atoms with Gasteiger partial charge >= 0.3 is 0 Å². The number of aromatic nitrogens is 3. The number of aliphatic hydroxyl groups is 1. The monoisotopic (exact) mass is 218 g/mol. The lowest BCUT2D eigenvalue weighted by molar-refractivity contribution is 0.299. The van der Waals surface area contributed by atoms with Gasteiger partial charge in [0.15, 0.2) is 5.82 Å². The third-order valence-electron chi connectivity index (χ3n) is 2.32. The fourth-order valence-corrected chi connectivity index (χ4v) is 1.42. The molecule has 0 aromatic carbocycles.